The Morgan fingerprint density at radius 1 is 0.905 bits per heavy atom. The number of halogens is 1. The highest BCUT2D eigenvalue weighted by atomic mass is 79.9. The minimum atomic E-state index is 0.234. The van der Waals surface area contributed by atoms with E-state index in [9.17, 15) is 0 Å². The van der Waals surface area contributed by atoms with Crippen LogP contribution in [-0.2, 0) is 0 Å². The number of hydrogen-bond donors (Lipinski definition) is 1. The van der Waals surface area contributed by atoms with Gasteiger partial charge in [0, 0.05) is 16.6 Å². The lowest BCUT2D eigenvalue weighted by atomic mass is 10.0. The monoisotopic (exact) mass is 347 g/mol. The van der Waals surface area contributed by atoms with E-state index in [0.717, 1.165) is 16.0 Å². The first-order valence-corrected chi connectivity index (χ1v) is 7.84. The fourth-order valence-corrected chi connectivity index (χ4v) is 2.77. The molecule has 4 heteroatoms. The van der Waals surface area contributed by atoms with E-state index in [2.05, 4.69) is 65.4 Å². The van der Waals surface area contributed by atoms with Crippen molar-refractivity contribution in [3.8, 4) is 11.5 Å². The average molecular weight is 348 g/mol. The molecule has 0 spiro atoms. The van der Waals surface area contributed by atoms with E-state index >= 15 is 0 Å². The van der Waals surface area contributed by atoms with Gasteiger partial charge in [0.25, 0.3) is 0 Å². The Morgan fingerprint density at radius 2 is 1.52 bits per heavy atom. The van der Waals surface area contributed by atoms with Gasteiger partial charge in [-0.3, -0.25) is 0 Å². The van der Waals surface area contributed by atoms with Crippen LogP contribution in [0.1, 0.15) is 37.1 Å². The van der Waals surface area contributed by atoms with E-state index in [4.69, 9.17) is 9.47 Å². The average Bonchev–Trinajstić information content (AvgIpc) is 2.95. The van der Waals surface area contributed by atoms with Crippen LogP contribution in [0.5, 0.6) is 11.5 Å². The van der Waals surface area contributed by atoms with Crippen LogP contribution < -0.4 is 14.8 Å². The molecule has 2 aromatic rings. The summed E-state index contributed by atoms with van der Waals surface area (Å²) in [7, 11) is 0. The third-order valence-electron chi connectivity index (χ3n) is 3.77. The second-order valence-corrected chi connectivity index (χ2v) is 6.19. The van der Waals surface area contributed by atoms with Crippen molar-refractivity contribution in [3.05, 3.63) is 58.1 Å². The summed E-state index contributed by atoms with van der Waals surface area (Å²) < 4.78 is 11.9. The third-order valence-corrected chi connectivity index (χ3v) is 4.30. The van der Waals surface area contributed by atoms with Gasteiger partial charge in [-0.1, -0.05) is 34.1 Å². The molecule has 2 aromatic carbocycles. The Bertz CT molecular complexity index is 627. The van der Waals surface area contributed by atoms with Crippen LogP contribution in [0.25, 0.3) is 0 Å². The van der Waals surface area contributed by atoms with Gasteiger partial charge in [0.2, 0.25) is 6.79 Å². The molecule has 0 aromatic heterocycles. The van der Waals surface area contributed by atoms with Crippen LogP contribution in [0.15, 0.2) is 46.9 Å². The highest BCUT2D eigenvalue weighted by molar-refractivity contribution is 9.10. The Hall–Kier alpha value is -1.52. The van der Waals surface area contributed by atoms with Gasteiger partial charge >= 0.3 is 0 Å². The standard InChI is InChI=1S/C17H18BrNO2/c1-11(13-3-6-15(18)7-4-13)19-12(2)14-5-8-16-17(9-14)21-10-20-16/h3-9,11-12,19H,10H2,1-2H3/t11-,12?/m1/s1. The minimum absolute atomic E-state index is 0.234. The van der Waals surface area contributed by atoms with Crippen molar-refractivity contribution < 1.29 is 9.47 Å². The van der Waals surface area contributed by atoms with Crippen LogP contribution >= 0.6 is 15.9 Å². The van der Waals surface area contributed by atoms with Crippen LogP contribution in [0.4, 0.5) is 0 Å². The molecule has 1 aliphatic rings. The molecule has 0 radical (unpaired) electrons. The summed E-state index contributed by atoms with van der Waals surface area (Å²) in [5.41, 5.74) is 2.47. The topological polar surface area (TPSA) is 30.5 Å². The van der Waals surface area contributed by atoms with Gasteiger partial charge in [-0.05, 0) is 49.2 Å². The normalized spacial score (nSPS) is 15.8. The molecule has 0 amide bonds. The zero-order valence-corrected chi connectivity index (χ0v) is 13.7. The lowest BCUT2D eigenvalue weighted by Gasteiger charge is -2.21. The van der Waals surface area contributed by atoms with Crippen LogP contribution in [-0.4, -0.2) is 6.79 Å². The zero-order chi connectivity index (χ0) is 14.8. The molecule has 1 aliphatic heterocycles. The smallest absolute Gasteiger partial charge is 0.231 e. The highest BCUT2D eigenvalue weighted by Gasteiger charge is 2.17. The summed E-state index contributed by atoms with van der Waals surface area (Å²) in [5.74, 6) is 1.66. The number of rotatable bonds is 4. The lowest BCUT2D eigenvalue weighted by Crippen LogP contribution is -2.22. The van der Waals surface area contributed by atoms with Crippen molar-refractivity contribution >= 4 is 15.9 Å². The number of benzene rings is 2. The predicted octanol–water partition coefficient (Wildman–Crippen LogP) is 4.59. The van der Waals surface area contributed by atoms with Gasteiger partial charge in [0.05, 0.1) is 0 Å². The van der Waals surface area contributed by atoms with Crippen molar-refractivity contribution in [1.82, 2.24) is 5.32 Å². The Kier molecular flexibility index (Phi) is 4.17. The predicted molar refractivity (Wildman–Crippen MR) is 86.7 cm³/mol. The molecule has 3 rings (SSSR count). The van der Waals surface area contributed by atoms with E-state index in [1.54, 1.807) is 0 Å². The second kappa shape index (κ2) is 6.08. The molecule has 2 atom stereocenters. The minimum Gasteiger partial charge on any atom is -0.454 e. The zero-order valence-electron chi connectivity index (χ0n) is 12.1. The number of nitrogens with one attached hydrogen (secondary N) is 1. The summed E-state index contributed by atoms with van der Waals surface area (Å²) in [5, 5.41) is 3.61. The molecule has 3 nitrogen and oxygen atoms in total. The molecule has 0 fully saturated rings. The highest BCUT2D eigenvalue weighted by Crippen LogP contribution is 2.34. The molecule has 0 aliphatic carbocycles. The maximum Gasteiger partial charge on any atom is 0.231 e. The summed E-state index contributed by atoms with van der Waals surface area (Å²) >= 11 is 3.46. The summed E-state index contributed by atoms with van der Waals surface area (Å²) in [4.78, 5) is 0. The first-order chi connectivity index (χ1) is 10.1. The van der Waals surface area contributed by atoms with Crippen molar-refractivity contribution in [2.24, 2.45) is 0 Å². The quantitative estimate of drug-likeness (QED) is 0.877. The van der Waals surface area contributed by atoms with Crippen LogP contribution in [0.3, 0.4) is 0 Å². The number of fused-ring (bicyclic) bond motifs is 1. The molecule has 1 N–H and O–H groups in total. The molecule has 21 heavy (non-hydrogen) atoms. The Balaban J connectivity index is 1.70. The lowest BCUT2D eigenvalue weighted by molar-refractivity contribution is 0.174. The van der Waals surface area contributed by atoms with Gasteiger partial charge in [0.1, 0.15) is 0 Å². The van der Waals surface area contributed by atoms with E-state index in [1.807, 2.05) is 12.1 Å². The van der Waals surface area contributed by atoms with E-state index in [-0.39, 0.29) is 12.1 Å². The molecule has 110 valence electrons. The fourth-order valence-electron chi connectivity index (χ4n) is 2.50. The van der Waals surface area contributed by atoms with E-state index in [1.165, 1.54) is 11.1 Å². The number of ether oxygens (including phenoxy) is 2. The van der Waals surface area contributed by atoms with Crippen molar-refractivity contribution in [1.29, 1.82) is 0 Å². The SMILES string of the molecule is CC(N[C@H](C)c1ccc(Br)cc1)c1ccc2c(c1)OCO2. The van der Waals surface area contributed by atoms with Crippen LogP contribution in [0.2, 0.25) is 0 Å². The van der Waals surface area contributed by atoms with E-state index < -0.39 is 0 Å². The van der Waals surface area contributed by atoms with Gasteiger partial charge in [-0.25, -0.2) is 0 Å². The van der Waals surface area contributed by atoms with Gasteiger partial charge < -0.3 is 14.8 Å². The fraction of sp³-hybridized carbons (Fsp3) is 0.294. The van der Waals surface area contributed by atoms with E-state index in [0.29, 0.717) is 6.79 Å². The van der Waals surface area contributed by atoms with Gasteiger partial charge in [0.15, 0.2) is 11.5 Å². The summed E-state index contributed by atoms with van der Waals surface area (Å²) in [6, 6.07) is 15.0. The molecule has 0 bridgehead atoms. The molecule has 1 heterocycles. The molecule has 0 saturated carbocycles. The van der Waals surface area contributed by atoms with Gasteiger partial charge in [-0.15, -0.1) is 0 Å². The summed E-state index contributed by atoms with van der Waals surface area (Å²) in [6.07, 6.45) is 0. The van der Waals surface area contributed by atoms with Crippen molar-refractivity contribution in [2.45, 2.75) is 25.9 Å². The van der Waals surface area contributed by atoms with Gasteiger partial charge in [-0.2, -0.15) is 0 Å². The largest absolute Gasteiger partial charge is 0.454 e. The molecular weight excluding hydrogens is 330 g/mol. The van der Waals surface area contributed by atoms with Crippen molar-refractivity contribution in [3.63, 3.8) is 0 Å². The Labute approximate surface area is 133 Å². The second-order valence-electron chi connectivity index (χ2n) is 5.27. The Morgan fingerprint density at radius 3 is 2.29 bits per heavy atom. The first kappa shape index (κ1) is 14.4. The molecular formula is C17H18BrNO2. The molecule has 1 unspecified atom stereocenters. The maximum absolute atomic E-state index is 5.44. The third kappa shape index (κ3) is 3.22. The summed E-state index contributed by atoms with van der Waals surface area (Å²) in [6.45, 7) is 4.65. The maximum atomic E-state index is 5.44. The van der Waals surface area contributed by atoms with Crippen molar-refractivity contribution in [2.75, 3.05) is 6.79 Å². The number of hydrogen-bond acceptors (Lipinski definition) is 3. The molecule has 0 saturated heterocycles. The first-order valence-electron chi connectivity index (χ1n) is 7.04. The van der Waals surface area contributed by atoms with Crippen LogP contribution in [0, 0.1) is 0 Å².